The fraction of sp³-hybridized carbons (Fsp3) is 0.290. The highest BCUT2D eigenvalue weighted by atomic mass is 32.2. The molecule has 0 bridgehead atoms. The van der Waals surface area contributed by atoms with Crippen molar-refractivity contribution in [3.8, 4) is 6.07 Å². The minimum absolute atomic E-state index is 0.0416. The Bertz CT molecular complexity index is 1570. The fourth-order valence-electron chi connectivity index (χ4n) is 4.78. The number of nitrogens with one attached hydrogen (secondary N) is 1. The summed E-state index contributed by atoms with van der Waals surface area (Å²) < 4.78 is 41.8. The van der Waals surface area contributed by atoms with E-state index in [1.807, 2.05) is 0 Å². The number of aliphatic hydroxyl groups is 1. The van der Waals surface area contributed by atoms with Gasteiger partial charge < -0.3 is 19.9 Å². The van der Waals surface area contributed by atoms with E-state index in [0.717, 1.165) is 23.3 Å². The van der Waals surface area contributed by atoms with Gasteiger partial charge in [0.1, 0.15) is 29.9 Å². The number of anilines is 1. The number of thioether (sulfide) groups is 1. The van der Waals surface area contributed by atoms with Crippen LogP contribution in [-0.2, 0) is 28.0 Å². The zero-order valence-electron chi connectivity index (χ0n) is 23.2. The number of benzene rings is 3. The highest BCUT2D eigenvalue weighted by Crippen LogP contribution is 2.39. The molecule has 1 aliphatic rings. The number of nitriles is 1. The first-order valence-electron chi connectivity index (χ1n) is 13.5. The monoisotopic (exact) mass is 605 g/mol. The van der Waals surface area contributed by atoms with Crippen molar-refractivity contribution < 1.29 is 28.2 Å². The molecule has 0 aliphatic carbocycles. The molecule has 1 aliphatic heterocycles. The number of hydrogen-bond acceptors (Lipinski definition) is 8. The van der Waals surface area contributed by atoms with Crippen molar-refractivity contribution in [3.63, 3.8) is 0 Å². The lowest BCUT2D eigenvalue weighted by Gasteiger charge is -2.37. The molecule has 1 aromatic heterocycles. The molecule has 2 heterocycles. The topological polar surface area (TPSA) is 122 Å². The molecule has 2 atom stereocenters. The molecule has 1 amide bonds. The van der Waals surface area contributed by atoms with E-state index >= 15 is 0 Å². The van der Waals surface area contributed by atoms with Gasteiger partial charge in [0, 0.05) is 33.7 Å². The quantitative estimate of drug-likeness (QED) is 0.259. The molecule has 222 valence electrons. The summed E-state index contributed by atoms with van der Waals surface area (Å²) in [5.41, 5.74) is 0.925. The van der Waals surface area contributed by atoms with Gasteiger partial charge >= 0.3 is 0 Å². The Morgan fingerprint density at radius 2 is 1.88 bits per heavy atom. The van der Waals surface area contributed by atoms with Gasteiger partial charge in [-0.2, -0.15) is 10.4 Å². The van der Waals surface area contributed by atoms with Crippen molar-refractivity contribution in [1.29, 1.82) is 5.26 Å². The molecule has 0 spiro atoms. The lowest BCUT2D eigenvalue weighted by Crippen LogP contribution is -2.43. The summed E-state index contributed by atoms with van der Waals surface area (Å²) in [7, 11) is 0. The molecular weight excluding hydrogens is 576 g/mol. The Balaban J connectivity index is 1.18. The van der Waals surface area contributed by atoms with Gasteiger partial charge in [0.2, 0.25) is 0 Å². The SMILES string of the molecule is CC(SC1COC(c2ccc(C(=O)Nc3ccc(CC#N)cc3)cc2)OC1)C(O)(Cn1cncn1)c1ccc(F)cc1F. The molecule has 9 nitrogen and oxygen atoms in total. The van der Waals surface area contributed by atoms with Crippen LogP contribution >= 0.6 is 11.8 Å². The summed E-state index contributed by atoms with van der Waals surface area (Å²) in [4.78, 5) is 16.6. The maximum absolute atomic E-state index is 14.8. The zero-order chi connectivity index (χ0) is 30.4. The van der Waals surface area contributed by atoms with Crippen LogP contribution in [0.3, 0.4) is 0 Å². The van der Waals surface area contributed by atoms with Crippen LogP contribution in [-0.4, -0.2) is 49.5 Å². The minimum Gasteiger partial charge on any atom is -0.382 e. The van der Waals surface area contributed by atoms with E-state index in [1.54, 1.807) is 55.5 Å². The van der Waals surface area contributed by atoms with Gasteiger partial charge in [-0.15, -0.1) is 11.8 Å². The first-order valence-corrected chi connectivity index (χ1v) is 14.5. The number of carbonyl (C=O) groups excluding carboxylic acids is 1. The van der Waals surface area contributed by atoms with Crippen LogP contribution in [0.25, 0.3) is 0 Å². The van der Waals surface area contributed by atoms with Crippen molar-refractivity contribution >= 4 is 23.4 Å². The maximum atomic E-state index is 14.8. The predicted octanol–water partition coefficient (Wildman–Crippen LogP) is 5.00. The first-order chi connectivity index (χ1) is 20.7. The highest BCUT2D eigenvalue weighted by Gasteiger charge is 2.41. The fourth-order valence-corrected chi connectivity index (χ4v) is 6.10. The Morgan fingerprint density at radius 1 is 1.16 bits per heavy atom. The van der Waals surface area contributed by atoms with Crippen molar-refractivity contribution in [2.75, 3.05) is 18.5 Å². The third kappa shape index (κ3) is 7.26. The molecule has 43 heavy (non-hydrogen) atoms. The van der Waals surface area contributed by atoms with Crippen molar-refractivity contribution in [2.24, 2.45) is 0 Å². The minimum atomic E-state index is -1.73. The third-order valence-electron chi connectivity index (χ3n) is 7.14. The number of carbonyl (C=O) groups is 1. The zero-order valence-corrected chi connectivity index (χ0v) is 24.0. The van der Waals surface area contributed by atoms with Crippen molar-refractivity contribution in [3.05, 3.63) is 113 Å². The van der Waals surface area contributed by atoms with Crippen LogP contribution in [0.5, 0.6) is 0 Å². The van der Waals surface area contributed by atoms with E-state index in [1.165, 1.54) is 35.2 Å². The lowest BCUT2D eigenvalue weighted by molar-refractivity contribution is -0.180. The molecule has 1 saturated heterocycles. The number of halogens is 2. The summed E-state index contributed by atoms with van der Waals surface area (Å²) in [6, 6.07) is 19.2. The highest BCUT2D eigenvalue weighted by molar-refractivity contribution is 8.00. The van der Waals surface area contributed by atoms with Gasteiger partial charge in [0.25, 0.3) is 5.91 Å². The van der Waals surface area contributed by atoms with Gasteiger partial charge in [-0.25, -0.2) is 18.4 Å². The Hall–Kier alpha value is -4.15. The number of ether oxygens (including phenoxy) is 2. The standard InChI is InChI=1S/C31H29F2N5O4S/c1-20(31(40,17-38-19-35-18-36-38)27-11-8-24(32)14-28(27)33)43-26-15-41-30(42-16-26)23-6-4-22(5-7-23)29(39)37-25-9-2-21(3-10-25)12-13-34/h2-11,14,18-20,26,30,40H,12,15-17H2,1H3,(H,37,39). The average Bonchev–Trinajstić information content (AvgIpc) is 3.51. The molecule has 4 aromatic rings. The smallest absolute Gasteiger partial charge is 0.255 e. The summed E-state index contributed by atoms with van der Waals surface area (Å²) in [6.45, 7) is 2.28. The van der Waals surface area contributed by atoms with Crippen molar-refractivity contribution in [1.82, 2.24) is 14.8 Å². The first kappa shape index (κ1) is 30.3. The van der Waals surface area contributed by atoms with E-state index in [-0.39, 0.29) is 23.3 Å². The molecule has 0 radical (unpaired) electrons. The van der Waals surface area contributed by atoms with Crippen LogP contribution in [0.1, 0.15) is 40.3 Å². The molecule has 12 heteroatoms. The van der Waals surface area contributed by atoms with Gasteiger partial charge in [-0.3, -0.25) is 4.79 Å². The summed E-state index contributed by atoms with van der Waals surface area (Å²) in [6.07, 6.45) is 2.41. The third-order valence-corrected chi connectivity index (χ3v) is 8.60. The van der Waals surface area contributed by atoms with Gasteiger partial charge in [-0.1, -0.05) is 37.3 Å². The van der Waals surface area contributed by atoms with Crippen LogP contribution in [0.15, 0.2) is 79.4 Å². The van der Waals surface area contributed by atoms with E-state index < -0.39 is 28.8 Å². The molecule has 2 unspecified atom stereocenters. The van der Waals surface area contributed by atoms with Crippen LogP contribution in [0.2, 0.25) is 0 Å². The second-order valence-corrected chi connectivity index (χ2v) is 11.8. The molecule has 5 rings (SSSR count). The Morgan fingerprint density at radius 3 is 2.51 bits per heavy atom. The van der Waals surface area contributed by atoms with E-state index in [0.29, 0.717) is 30.9 Å². The molecular formula is C31H29F2N5O4S. The molecule has 1 fully saturated rings. The largest absolute Gasteiger partial charge is 0.382 e. The van der Waals surface area contributed by atoms with Crippen LogP contribution in [0, 0.1) is 23.0 Å². The van der Waals surface area contributed by atoms with E-state index in [4.69, 9.17) is 14.7 Å². The summed E-state index contributed by atoms with van der Waals surface area (Å²) in [5, 5.41) is 26.7. The Kier molecular flexibility index (Phi) is 9.47. The van der Waals surface area contributed by atoms with Gasteiger partial charge in [-0.05, 0) is 35.9 Å². The number of rotatable bonds is 10. The second-order valence-electron chi connectivity index (χ2n) is 10.1. The Labute approximate surface area is 251 Å². The molecule has 0 saturated carbocycles. The summed E-state index contributed by atoms with van der Waals surface area (Å²) in [5.74, 6) is -1.86. The van der Waals surface area contributed by atoms with Crippen LogP contribution in [0.4, 0.5) is 14.5 Å². The normalized spacial score (nSPS) is 18.8. The van der Waals surface area contributed by atoms with E-state index in [2.05, 4.69) is 21.5 Å². The van der Waals surface area contributed by atoms with Crippen LogP contribution < -0.4 is 5.32 Å². The number of nitrogens with zero attached hydrogens (tertiary/aromatic N) is 4. The second kappa shape index (κ2) is 13.4. The number of amides is 1. The van der Waals surface area contributed by atoms with Gasteiger partial charge in [0.05, 0.1) is 37.5 Å². The van der Waals surface area contributed by atoms with Gasteiger partial charge in [0.15, 0.2) is 6.29 Å². The predicted molar refractivity (Wildman–Crippen MR) is 156 cm³/mol. The lowest BCUT2D eigenvalue weighted by atomic mass is 9.90. The molecule has 3 aromatic carbocycles. The van der Waals surface area contributed by atoms with Crippen molar-refractivity contribution in [2.45, 2.75) is 42.3 Å². The summed E-state index contributed by atoms with van der Waals surface area (Å²) >= 11 is 1.37. The number of hydrogen-bond donors (Lipinski definition) is 2. The van der Waals surface area contributed by atoms with E-state index in [9.17, 15) is 18.7 Å². The average molecular weight is 606 g/mol. The number of aromatic nitrogens is 3. The molecule has 2 N–H and O–H groups in total. The maximum Gasteiger partial charge on any atom is 0.255 e.